The molecule has 1 aromatic carbocycles. The van der Waals surface area contributed by atoms with E-state index in [1.165, 1.54) is 18.9 Å². The van der Waals surface area contributed by atoms with Gasteiger partial charge in [0.25, 0.3) is 5.69 Å². The minimum absolute atomic E-state index is 0.100. The van der Waals surface area contributed by atoms with Crippen LogP contribution in [0.5, 0.6) is 0 Å². The molecule has 1 aliphatic rings. The van der Waals surface area contributed by atoms with Gasteiger partial charge >= 0.3 is 0 Å². The first-order chi connectivity index (χ1) is 9.15. The van der Waals surface area contributed by atoms with Crippen molar-refractivity contribution < 1.29 is 4.92 Å². The Bertz CT molecular complexity index is 518. The molecular formula is C14H17N3O2. The fourth-order valence-electron chi connectivity index (χ4n) is 2.17. The summed E-state index contributed by atoms with van der Waals surface area (Å²) in [6.07, 6.45) is 3.50. The fraction of sp³-hybridized carbons (Fsp3) is 0.500. The molecule has 5 heteroatoms. The lowest BCUT2D eigenvalue weighted by Crippen LogP contribution is -2.26. The molecule has 19 heavy (non-hydrogen) atoms. The Morgan fingerprint density at radius 2 is 2.26 bits per heavy atom. The van der Waals surface area contributed by atoms with E-state index in [1.807, 2.05) is 12.1 Å². The van der Waals surface area contributed by atoms with E-state index >= 15 is 0 Å². The van der Waals surface area contributed by atoms with Gasteiger partial charge in [0, 0.05) is 24.8 Å². The first-order valence-electron chi connectivity index (χ1n) is 6.59. The van der Waals surface area contributed by atoms with Crippen molar-refractivity contribution in [2.45, 2.75) is 26.2 Å². The van der Waals surface area contributed by atoms with Gasteiger partial charge in [0.1, 0.15) is 11.6 Å². The molecule has 0 saturated heterocycles. The normalized spacial score (nSPS) is 13.9. The summed E-state index contributed by atoms with van der Waals surface area (Å²) < 4.78 is 0. The van der Waals surface area contributed by atoms with Crippen LogP contribution in [0.1, 0.15) is 31.7 Å². The lowest BCUT2D eigenvalue weighted by atomic mass is 10.1. The smallest absolute Gasteiger partial charge is 0.289 e. The molecule has 0 atom stereocenters. The molecule has 0 spiro atoms. The van der Waals surface area contributed by atoms with E-state index in [4.69, 9.17) is 5.26 Å². The SMILES string of the molecule is CCCN(CC1CC1)c1ccc(C#N)c([N+](=O)[O-])c1. The topological polar surface area (TPSA) is 70.2 Å². The van der Waals surface area contributed by atoms with Gasteiger partial charge in [0.2, 0.25) is 0 Å². The maximum Gasteiger partial charge on any atom is 0.289 e. The van der Waals surface area contributed by atoms with E-state index in [2.05, 4.69) is 11.8 Å². The van der Waals surface area contributed by atoms with E-state index in [0.29, 0.717) is 0 Å². The van der Waals surface area contributed by atoms with Crippen LogP contribution in [0.3, 0.4) is 0 Å². The number of rotatable bonds is 6. The average Bonchev–Trinajstić information content (AvgIpc) is 3.21. The predicted molar refractivity (Wildman–Crippen MR) is 73.0 cm³/mol. The van der Waals surface area contributed by atoms with Gasteiger partial charge < -0.3 is 4.90 Å². The standard InChI is InChI=1S/C14H17N3O2/c1-2-7-16(10-11-3-4-11)13-6-5-12(9-15)14(8-13)17(18)19/h5-6,8,11H,2-4,7,10H2,1H3. The van der Waals surface area contributed by atoms with E-state index in [-0.39, 0.29) is 11.3 Å². The second-order valence-corrected chi connectivity index (χ2v) is 4.96. The zero-order valence-corrected chi connectivity index (χ0v) is 11.0. The second-order valence-electron chi connectivity index (χ2n) is 4.96. The zero-order chi connectivity index (χ0) is 13.8. The van der Waals surface area contributed by atoms with Crippen LogP contribution in [0, 0.1) is 27.4 Å². The maximum absolute atomic E-state index is 11.0. The molecular weight excluding hydrogens is 242 g/mol. The van der Waals surface area contributed by atoms with Gasteiger partial charge in [-0.05, 0) is 37.3 Å². The first kappa shape index (κ1) is 13.3. The Labute approximate surface area is 112 Å². The number of benzene rings is 1. The van der Waals surface area contributed by atoms with Crippen LogP contribution < -0.4 is 4.90 Å². The van der Waals surface area contributed by atoms with Crippen molar-refractivity contribution in [3.8, 4) is 6.07 Å². The summed E-state index contributed by atoms with van der Waals surface area (Å²) in [5.41, 5.74) is 0.868. The molecule has 1 saturated carbocycles. The Kier molecular flexibility index (Phi) is 4.00. The Hall–Kier alpha value is -2.09. The molecule has 1 aliphatic carbocycles. The van der Waals surface area contributed by atoms with Crippen molar-refractivity contribution in [2.24, 2.45) is 5.92 Å². The molecule has 0 radical (unpaired) electrons. The third kappa shape index (κ3) is 3.22. The van der Waals surface area contributed by atoms with Gasteiger partial charge in [0.05, 0.1) is 4.92 Å². The van der Waals surface area contributed by atoms with Crippen molar-refractivity contribution >= 4 is 11.4 Å². The van der Waals surface area contributed by atoms with Gasteiger partial charge in [-0.2, -0.15) is 5.26 Å². The predicted octanol–water partition coefficient (Wildman–Crippen LogP) is 3.09. The van der Waals surface area contributed by atoms with Crippen molar-refractivity contribution in [3.63, 3.8) is 0 Å². The molecule has 0 aromatic heterocycles. The molecule has 0 heterocycles. The van der Waals surface area contributed by atoms with Crippen LogP contribution in [-0.4, -0.2) is 18.0 Å². The highest BCUT2D eigenvalue weighted by molar-refractivity contribution is 5.60. The minimum atomic E-state index is -0.483. The summed E-state index contributed by atoms with van der Waals surface area (Å²) in [5.74, 6) is 0.723. The van der Waals surface area contributed by atoms with Crippen LogP contribution in [0.15, 0.2) is 18.2 Å². The highest BCUT2D eigenvalue weighted by Crippen LogP contribution is 2.33. The number of nitro benzene ring substituents is 1. The largest absolute Gasteiger partial charge is 0.371 e. The van der Waals surface area contributed by atoms with E-state index < -0.39 is 4.92 Å². The molecule has 0 amide bonds. The molecule has 1 fully saturated rings. The van der Waals surface area contributed by atoms with E-state index in [0.717, 1.165) is 31.1 Å². The van der Waals surface area contributed by atoms with Gasteiger partial charge in [-0.1, -0.05) is 6.92 Å². The molecule has 100 valence electrons. The van der Waals surface area contributed by atoms with Crippen molar-refractivity contribution in [1.29, 1.82) is 5.26 Å². The fourth-order valence-corrected chi connectivity index (χ4v) is 2.17. The molecule has 2 rings (SSSR count). The van der Waals surface area contributed by atoms with Gasteiger partial charge in [0.15, 0.2) is 0 Å². The summed E-state index contributed by atoms with van der Waals surface area (Å²) in [5, 5.41) is 19.9. The quantitative estimate of drug-likeness (QED) is 0.581. The third-order valence-corrected chi connectivity index (χ3v) is 3.33. The number of hydrogen-bond donors (Lipinski definition) is 0. The lowest BCUT2D eigenvalue weighted by molar-refractivity contribution is -0.385. The number of anilines is 1. The Morgan fingerprint density at radius 1 is 1.53 bits per heavy atom. The second kappa shape index (κ2) is 5.70. The van der Waals surface area contributed by atoms with Crippen molar-refractivity contribution in [3.05, 3.63) is 33.9 Å². The van der Waals surface area contributed by atoms with Gasteiger partial charge in [-0.25, -0.2) is 0 Å². The van der Waals surface area contributed by atoms with E-state index in [9.17, 15) is 10.1 Å². The summed E-state index contributed by atoms with van der Waals surface area (Å²) >= 11 is 0. The summed E-state index contributed by atoms with van der Waals surface area (Å²) in [7, 11) is 0. The highest BCUT2D eigenvalue weighted by atomic mass is 16.6. The van der Waals surface area contributed by atoms with Crippen LogP contribution >= 0.6 is 0 Å². The monoisotopic (exact) mass is 259 g/mol. The molecule has 5 nitrogen and oxygen atoms in total. The molecule has 0 N–H and O–H groups in total. The molecule has 0 unspecified atom stereocenters. The van der Waals surface area contributed by atoms with Crippen LogP contribution in [-0.2, 0) is 0 Å². The van der Waals surface area contributed by atoms with E-state index in [1.54, 1.807) is 6.07 Å². The lowest BCUT2D eigenvalue weighted by Gasteiger charge is -2.24. The van der Waals surface area contributed by atoms with Crippen LogP contribution in [0.2, 0.25) is 0 Å². The Balaban J connectivity index is 2.28. The summed E-state index contributed by atoms with van der Waals surface area (Å²) in [6.45, 7) is 3.94. The van der Waals surface area contributed by atoms with Crippen molar-refractivity contribution in [1.82, 2.24) is 0 Å². The van der Waals surface area contributed by atoms with Gasteiger partial charge in [-0.3, -0.25) is 10.1 Å². The molecule has 0 aliphatic heterocycles. The number of nitriles is 1. The van der Waals surface area contributed by atoms with Crippen LogP contribution in [0.25, 0.3) is 0 Å². The maximum atomic E-state index is 11.0. The van der Waals surface area contributed by atoms with Crippen molar-refractivity contribution in [2.75, 3.05) is 18.0 Å². The number of nitrogens with zero attached hydrogens (tertiary/aromatic N) is 3. The highest BCUT2D eigenvalue weighted by Gasteiger charge is 2.25. The Morgan fingerprint density at radius 3 is 2.79 bits per heavy atom. The average molecular weight is 259 g/mol. The number of nitro groups is 1. The summed E-state index contributed by atoms with van der Waals surface area (Å²) in [4.78, 5) is 12.7. The third-order valence-electron chi connectivity index (χ3n) is 3.33. The summed E-state index contributed by atoms with van der Waals surface area (Å²) in [6, 6.07) is 6.75. The molecule has 1 aromatic rings. The first-order valence-corrected chi connectivity index (χ1v) is 6.59. The van der Waals surface area contributed by atoms with Crippen LogP contribution in [0.4, 0.5) is 11.4 Å². The zero-order valence-electron chi connectivity index (χ0n) is 11.0. The van der Waals surface area contributed by atoms with Gasteiger partial charge in [-0.15, -0.1) is 0 Å². The number of hydrogen-bond acceptors (Lipinski definition) is 4. The molecule has 0 bridgehead atoms. The minimum Gasteiger partial charge on any atom is -0.371 e.